The Kier molecular flexibility index (Phi) is 48.3. The SMILES string of the molecule is BrCCCBr.CC(C)(O)c1ccc(-c2nc3n(c(=O)c2C#N)CCCS3)cn1.CCOC(=O)CC#N.CCOC(=O)c1ccc(-c2[nH]c(=S)[nH]c(=O)c2C#N)cn1.CCOC(=O)c1ccc(-c2nc3n(c(=O)c2C#N)CCCS3)cn1.COC(=O)c1ccc(C=O)cn1.O=Cc1ccc(Br)nc1.[Br-].[C-]#[O+].[CH3-].[Mg+2]. The molecule has 30 nitrogen and oxygen atoms in total. The van der Waals surface area contributed by atoms with Crippen molar-refractivity contribution in [1.29, 1.82) is 21.0 Å². The van der Waals surface area contributed by atoms with Crippen molar-refractivity contribution in [1.82, 2.24) is 54.0 Å². The van der Waals surface area contributed by atoms with Crippen molar-refractivity contribution >= 4 is 143 Å². The molecule has 10 rings (SSSR count). The number of carbonyl (C=O) groups is 6. The van der Waals surface area contributed by atoms with Gasteiger partial charge in [0.25, 0.3) is 16.7 Å². The predicted molar refractivity (Wildman–Crippen MR) is 404 cm³/mol. The predicted octanol–water partition coefficient (Wildman–Crippen LogP) is 7.30. The third kappa shape index (κ3) is 31.3. The number of nitrogens with zero attached hydrogens (tertiary/aromatic N) is 13. The van der Waals surface area contributed by atoms with E-state index in [4.69, 9.17) is 36.9 Å². The molecule has 3 N–H and O–H groups in total. The Bertz CT molecular complexity index is 4700. The number of aromatic amines is 2. The molecule has 0 unspecified atom stereocenters. The zero-order chi connectivity index (χ0) is 77.3. The number of aliphatic hydroxyl groups is 1. The molecule has 2 aliphatic heterocycles. The molecule has 0 amide bonds. The van der Waals surface area contributed by atoms with Crippen LogP contribution in [0.25, 0.3) is 33.8 Å². The first-order valence-corrected chi connectivity index (χ1v) is 35.9. The van der Waals surface area contributed by atoms with Crippen molar-refractivity contribution in [3.8, 4) is 58.0 Å². The molecule has 0 saturated carbocycles. The fraction of sp³-hybridized carbons (Fsp3) is 0.290. The van der Waals surface area contributed by atoms with Crippen molar-refractivity contribution in [3.05, 3.63) is 197 Å². The molecule has 0 aliphatic carbocycles. The number of fused-ring (bicyclic) bond motifs is 2. The first-order valence-electron chi connectivity index (χ1n) is 30.5. The van der Waals surface area contributed by atoms with Gasteiger partial charge in [-0.1, -0.05) is 55.4 Å². The molecule has 38 heteroatoms. The van der Waals surface area contributed by atoms with Gasteiger partial charge in [-0.15, -0.1) is 0 Å². The van der Waals surface area contributed by atoms with Gasteiger partial charge in [-0.05, 0) is 143 Å². The van der Waals surface area contributed by atoms with Crippen molar-refractivity contribution in [2.24, 2.45) is 0 Å². The van der Waals surface area contributed by atoms with E-state index < -0.39 is 35.0 Å². The number of nitriles is 4. The summed E-state index contributed by atoms with van der Waals surface area (Å²) < 4.78 is 30.0. The van der Waals surface area contributed by atoms with Crippen LogP contribution in [-0.4, -0.2) is 168 Å². The summed E-state index contributed by atoms with van der Waals surface area (Å²) in [4.78, 5) is 135. The molecular weight excluding hydrogens is 1720 g/mol. The van der Waals surface area contributed by atoms with Gasteiger partial charge in [0.2, 0.25) is 0 Å². The molecule has 0 aromatic carbocycles. The zero-order valence-electron chi connectivity index (χ0n) is 58.4. The van der Waals surface area contributed by atoms with E-state index in [0.29, 0.717) is 81.2 Å². The average Bonchev–Trinajstić information content (AvgIpc) is 0.819. The summed E-state index contributed by atoms with van der Waals surface area (Å²) in [6.07, 6.45) is 11.4. The van der Waals surface area contributed by atoms with Crippen LogP contribution in [0.5, 0.6) is 0 Å². The van der Waals surface area contributed by atoms with Gasteiger partial charge in [0.1, 0.15) is 68.6 Å². The number of carbonyl (C=O) groups excluding carboxylic acids is 6. The number of hydrogen-bond acceptors (Lipinski definition) is 28. The number of halogens is 4. The second-order valence-electron chi connectivity index (χ2n) is 20.3. The van der Waals surface area contributed by atoms with Gasteiger partial charge in [-0.2, -0.15) is 21.0 Å². The molecule has 0 fully saturated rings. The smallest absolute Gasteiger partial charge is 0.358 e. The summed E-state index contributed by atoms with van der Waals surface area (Å²) in [5.74, 6) is -0.213. The molecule has 8 aromatic rings. The maximum absolute atomic E-state index is 12.5. The molecule has 0 saturated heterocycles. The van der Waals surface area contributed by atoms with Gasteiger partial charge in [0, 0.05) is 94.1 Å². The van der Waals surface area contributed by atoms with Crippen molar-refractivity contribution < 1.29 is 74.5 Å². The van der Waals surface area contributed by atoms with Crippen LogP contribution in [0.4, 0.5) is 0 Å². The van der Waals surface area contributed by atoms with Crippen LogP contribution in [0.1, 0.15) is 135 Å². The number of hydrogen-bond donors (Lipinski definition) is 3. The normalized spacial score (nSPS) is 10.7. The number of methoxy groups -OCH3 is 1. The van der Waals surface area contributed by atoms with Gasteiger partial charge in [-0.3, -0.25) is 47.9 Å². The molecule has 0 atom stereocenters. The van der Waals surface area contributed by atoms with Crippen molar-refractivity contribution in [2.45, 2.75) is 89.3 Å². The molecule has 107 heavy (non-hydrogen) atoms. The Morgan fingerprint density at radius 2 is 1.08 bits per heavy atom. The number of ether oxygens (including phenoxy) is 4. The van der Waals surface area contributed by atoms with E-state index in [1.165, 1.54) is 90.7 Å². The Labute approximate surface area is 680 Å². The molecular formula is C69H67Br4MgN15O15S3. The molecule has 0 spiro atoms. The second kappa shape index (κ2) is 52.8. The first kappa shape index (κ1) is 97.9. The monoisotopic (exact) mass is 1780 g/mol. The van der Waals surface area contributed by atoms with Crippen molar-refractivity contribution in [3.63, 3.8) is 0 Å². The molecule has 0 bridgehead atoms. The summed E-state index contributed by atoms with van der Waals surface area (Å²) in [6, 6.07) is 23.3. The number of alkyl halides is 2. The number of rotatable bonds is 15. The van der Waals surface area contributed by atoms with Gasteiger partial charge in [-0.25, -0.2) is 44.3 Å². The number of aldehydes is 2. The van der Waals surface area contributed by atoms with Gasteiger partial charge < -0.3 is 53.4 Å². The Hall–Kier alpha value is -9.12. The number of aromatic nitrogens is 11. The summed E-state index contributed by atoms with van der Waals surface area (Å²) in [6.45, 7) is 14.9. The molecule has 10 heterocycles. The summed E-state index contributed by atoms with van der Waals surface area (Å²) in [5, 5.41) is 49.1. The maximum Gasteiger partial charge on any atom is 2.00 e. The van der Waals surface area contributed by atoms with Crippen LogP contribution in [-0.2, 0) is 47.1 Å². The maximum atomic E-state index is 12.5. The first-order chi connectivity index (χ1) is 49.9. The standard InChI is InChI=1S/C16H14N4O3S.C16H16N4O2S.C13H10N4O3S.C8H7NO3.C6H4BrNO.C5H7NO2.C3H6Br2.CO.CH3.BrH.Mg/c1-2-23-15(22)12-5-4-10(9-18-12)13-11(8-17)14(21)20-6-3-7-24-16(20)19-13;1-16(2,22)12-5-4-10(9-18-12)13-11(8-17)14(21)20-6-3-7-23-15(20)19-13;1-2-20-12(19)9-4-3-7(6-15-9)10-8(5-14)11(18)17-13(21)16-10;1-12-8(11)7-3-2-6(5-10)4-9-7;7-6-2-1-5(4-9)3-8-6;1-2-8-5(7)3-4-6;4-2-1-3-5;1-2;;;/h4-5,9H,2-3,6-7H2,1H3;4-5,9,22H,3,6-7H2,1-2H3;3-4,6H,2H2,1H3,(H2,16,17,18,21);2-5H,1H3;1-4H;2-3H2,1H3;1-3H2;;1H3;1H;/q;;;;;;;;-1;;+2/p-1. The van der Waals surface area contributed by atoms with E-state index in [2.05, 4.69) is 109 Å². The number of thioether (sulfide) groups is 2. The minimum Gasteiger partial charge on any atom is -0.358 e. The number of pyridine rings is 5. The van der Waals surface area contributed by atoms with E-state index >= 15 is 0 Å². The largest absolute Gasteiger partial charge is 2.00 e. The van der Waals surface area contributed by atoms with Crippen LogP contribution in [0.2, 0.25) is 0 Å². The Morgan fingerprint density at radius 1 is 0.654 bits per heavy atom. The van der Waals surface area contributed by atoms with Crippen LogP contribution in [0.3, 0.4) is 0 Å². The summed E-state index contributed by atoms with van der Waals surface area (Å²) >= 11 is 17.6. The third-order valence-corrected chi connectivity index (χ3v) is 16.7. The van der Waals surface area contributed by atoms with E-state index in [9.17, 15) is 58.8 Å². The zero-order valence-corrected chi connectivity index (χ0v) is 68.6. The van der Waals surface area contributed by atoms with Gasteiger partial charge >= 0.3 is 58.2 Å². The van der Waals surface area contributed by atoms with Gasteiger partial charge in [0.05, 0.1) is 55.8 Å². The fourth-order valence-corrected chi connectivity index (χ4v) is 11.6. The quantitative estimate of drug-likeness (QED) is 0.00865. The minimum absolute atomic E-state index is 0. The van der Waals surface area contributed by atoms with Crippen molar-refractivity contribution in [2.75, 3.05) is 49.1 Å². The van der Waals surface area contributed by atoms with E-state index in [0.717, 1.165) is 45.9 Å². The average molecular weight is 1790 g/mol. The second-order valence-corrected chi connectivity index (χ2v) is 25.3. The van der Waals surface area contributed by atoms with Crippen LogP contribution in [0.15, 0.2) is 121 Å². The third-order valence-electron chi connectivity index (χ3n) is 12.8. The summed E-state index contributed by atoms with van der Waals surface area (Å²) in [5.41, 5.74) is 2.22. The number of nitrogens with one attached hydrogen (secondary N) is 2. The van der Waals surface area contributed by atoms with E-state index in [-0.39, 0.29) is 122 Å². The topological polar surface area (TPSA) is 458 Å². The van der Waals surface area contributed by atoms with E-state index in [1.54, 1.807) is 93.9 Å². The Morgan fingerprint density at radius 3 is 1.44 bits per heavy atom. The Balaban J connectivity index is 0.00000128. The van der Waals surface area contributed by atoms with Gasteiger partial charge in [0.15, 0.2) is 27.7 Å². The van der Waals surface area contributed by atoms with Crippen LogP contribution in [0, 0.1) is 64.2 Å². The summed E-state index contributed by atoms with van der Waals surface area (Å²) in [7, 11) is 1.28. The molecule has 8 aromatic heterocycles. The molecule has 2 aliphatic rings. The van der Waals surface area contributed by atoms with Crippen LogP contribution >= 0.6 is 83.5 Å². The molecule has 0 radical (unpaired) electrons. The minimum atomic E-state index is -1.05. The van der Waals surface area contributed by atoms with Crippen LogP contribution < -0.4 is 33.7 Å². The molecule has 556 valence electrons. The fourth-order valence-electron chi connectivity index (χ4n) is 7.99. The number of esters is 4. The van der Waals surface area contributed by atoms with E-state index in [1.807, 2.05) is 12.1 Å². The number of H-pyrrole nitrogens is 2.